The second-order valence-corrected chi connectivity index (χ2v) is 5.97. The Labute approximate surface area is 102 Å². The Balaban J connectivity index is 2.64. The Morgan fingerprint density at radius 2 is 1.94 bits per heavy atom. The van der Waals surface area contributed by atoms with Crippen molar-refractivity contribution in [1.29, 1.82) is 0 Å². The van der Waals surface area contributed by atoms with E-state index >= 15 is 0 Å². The molecule has 1 aromatic rings. The molecule has 0 saturated heterocycles. The lowest BCUT2D eigenvalue weighted by atomic mass is 10.4. The number of aromatic nitrogens is 2. The van der Waals surface area contributed by atoms with E-state index in [0.29, 0.717) is 30.5 Å². The Bertz CT molecular complexity index is 445. The van der Waals surface area contributed by atoms with Crippen molar-refractivity contribution in [3.05, 3.63) is 11.4 Å². The van der Waals surface area contributed by atoms with Crippen molar-refractivity contribution in [3.8, 4) is 0 Å². The van der Waals surface area contributed by atoms with Crippen LogP contribution in [0.2, 0.25) is 0 Å². The van der Waals surface area contributed by atoms with Crippen molar-refractivity contribution in [2.75, 3.05) is 13.1 Å². The number of hydrogen-bond donors (Lipinski definition) is 3. The number of aromatic amines is 1. The zero-order chi connectivity index (χ0) is 13.1. The average molecular weight is 260 g/mol. The quantitative estimate of drug-likeness (QED) is 0.642. The highest BCUT2D eigenvalue weighted by atomic mass is 32.2. The second-order valence-electron chi connectivity index (χ2n) is 4.27. The number of rotatable bonds is 6. The van der Waals surface area contributed by atoms with Crippen molar-refractivity contribution in [2.45, 2.75) is 38.6 Å². The molecule has 1 rings (SSSR count). The van der Waals surface area contributed by atoms with Gasteiger partial charge in [0.1, 0.15) is 4.90 Å². The number of sulfonamides is 1. The fourth-order valence-corrected chi connectivity index (χ4v) is 2.95. The van der Waals surface area contributed by atoms with E-state index < -0.39 is 10.0 Å². The van der Waals surface area contributed by atoms with Gasteiger partial charge in [-0.2, -0.15) is 5.10 Å². The SMILES string of the molecule is Cc1n[nH]c(C)c1S(=O)(=O)NCCNC(C)C. The van der Waals surface area contributed by atoms with Gasteiger partial charge in [0.25, 0.3) is 0 Å². The molecule has 0 bridgehead atoms. The largest absolute Gasteiger partial charge is 0.313 e. The van der Waals surface area contributed by atoms with Crippen molar-refractivity contribution in [1.82, 2.24) is 20.2 Å². The highest BCUT2D eigenvalue weighted by Gasteiger charge is 2.21. The molecule has 17 heavy (non-hydrogen) atoms. The van der Waals surface area contributed by atoms with E-state index in [-0.39, 0.29) is 4.90 Å². The molecule has 0 aliphatic heterocycles. The first kappa shape index (κ1) is 14.1. The molecule has 1 heterocycles. The molecule has 3 N–H and O–H groups in total. The van der Waals surface area contributed by atoms with Crippen molar-refractivity contribution in [2.24, 2.45) is 0 Å². The molecule has 0 aliphatic carbocycles. The molecule has 0 saturated carbocycles. The van der Waals surface area contributed by atoms with Crippen LogP contribution in [0.25, 0.3) is 0 Å². The minimum atomic E-state index is -3.46. The van der Waals surface area contributed by atoms with Crippen LogP contribution in [0.15, 0.2) is 4.90 Å². The topological polar surface area (TPSA) is 86.9 Å². The van der Waals surface area contributed by atoms with Gasteiger partial charge in [-0.25, -0.2) is 13.1 Å². The van der Waals surface area contributed by atoms with E-state index in [1.54, 1.807) is 13.8 Å². The summed E-state index contributed by atoms with van der Waals surface area (Å²) in [4.78, 5) is 0.252. The van der Waals surface area contributed by atoms with E-state index in [9.17, 15) is 8.42 Å². The van der Waals surface area contributed by atoms with Gasteiger partial charge in [0.2, 0.25) is 10.0 Å². The molecule has 0 fully saturated rings. The second kappa shape index (κ2) is 5.61. The van der Waals surface area contributed by atoms with Crippen LogP contribution in [0.4, 0.5) is 0 Å². The molecule has 0 radical (unpaired) electrons. The van der Waals surface area contributed by atoms with E-state index in [0.717, 1.165) is 0 Å². The van der Waals surface area contributed by atoms with Gasteiger partial charge in [-0.05, 0) is 13.8 Å². The molecule has 98 valence electrons. The summed E-state index contributed by atoms with van der Waals surface area (Å²) in [6.45, 7) is 8.36. The molecule has 0 amide bonds. The molecule has 0 atom stereocenters. The van der Waals surface area contributed by atoms with Crippen LogP contribution in [0.1, 0.15) is 25.2 Å². The molecule has 6 nitrogen and oxygen atoms in total. The highest BCUT2D eigenvalue weighted by Crippen LogP contribution is 2.15. The summed E-state index contributed by atoms with van der Waals surface area (Å²) in [5.41, 5.74) is 1.05. The third kappa shape index (κ3) is 3.79. The Morgan fingerprint density at radius 3 is 2.41 bits per heavy atom. The molecule has 0 unspecified atom stereocenters. The number of hydrogen-bond acceptors (Lipinski definition) is 4. The lowest BCUT2D eigenvalue weighted by molar-refractivity contribution is 0.559. The van der Waals surface area contributed by atoms with Gasteiger partial charge in [0.05, 0.1) is 11.4 Å². The fourth-order valence-electron chi connectivity index (χ4n) is 1.56. The van der Waals surface area contributed by atoms with Crippen LogP contribution in [0.5, 0.6) is 0 Å². The number of aryl methyl sites for hydroxylation is 2. The van der Waals surface area contributed by atoms with E-state index in [1.165, 1.54) is 0 Å². The summed E-state index contributed by atoms with van der Waals surface area (Å²) in [6, 6.07) is 0.344. The standard InChI is InChI=1S/C10H20N4O2S/c1-7(2)11-5-6-12-17(15,16)10-8(3)13-14-9(10)4/h7,11-12H,5-6H2,1-4H3,(H,13,14). The first-order chi connectivity index (χ1) is 7.84. The first-order valence-corrected chi connectivity index (χ1v) is 7.07. The normalized spacial score (nSPS) is 12.3. The fraction of sp³-hybridized carbons (Fsp3) is 0.700. The lowest BCUT2D eigenvalue weighted by Crippen LogP contribution is -2.34. The number of H-pyrrole nitrogens is 1. The molecule has 0 spiro atoms. The minimum absolute atomic E-state index is 0.252. The summed E-state index contributed by atoms with van der Waals surface area (Å²) in [5, 5.41) is 9.69. The summed E-state index contributed by atoms with van der Waals surface area (Å²) >= 11 is 0. The van der Waals surface area contributed by atoms with Crippen LogP contribution in [0.3, 0.4) is 0 Å². The summed E-state index contributed by atoms with van der Waals surface area (Å²) in [5.74, 6) is 0. The average Bonchev–Trinajstić information content (AvgIpc) is 2.53. The summed E-state index contributed by atoms with van der Waals surface area (Å²) in [7, 11) is -3.46. The number of nitrogens with zero attached hydrogens (tertiary/aromatic N) is 1. The first-order valence-electron chi connectivity index (χ1n) is 5.59. The van der Waals surface area contributed by atoms with Crippen LogP contribution < -0.4 is 10.0 Å². The van der Waals surface area contributed by atoms with Crippen molar-refractivity contribution < 1.29 is 8.42 Å². The minimum Gasteiger partial charge on any atom is -0.313 e. The Hall–Kier alpha value is -0.920. The highest BCUT2D eigenvalue weighted by molar-refractivity contribution is 7.89. The van der Waals surface area contributed by atoms with Crippen LogP contribution in [-0.2, 0) is 10.0 Å². The van der Waals surface area contributed by atoms with E-state index in [1.807, 2.05) is 13.8 Å². The van der Waals surface area contributed by atoms with Gasteiger partial charge in [-0.1, -0.05) is 13.8 Å². The zero-order valence-electron chi connectivity index (χ0n) is 10.7. The van der Waals surface area contributed by atoms with Crippen LogP contribution in [0, 0.1) is 13.8 Å². The lowest BCUT2D eigenvalue weighted by Gasteiger charge is -2.09. The number of nitrogens with one attached hydrogen (secondary N) is 3. The maximum absolute atomic E-state index is 12.0. The van der Waals surface area contributed by atoms with Gasteiger partial charge in [-0.3, -0.25) is 5.10 Å². The molecule has 7 heteroatoms. The van der Waals surface area contributed by atoms with Gasteiger partial charge < -0.3 is 5.32 Å². The Morgan fingerprint density at radius 1 is 1.29 bits per heavy atom. The maximum atomic E-state index is 12.0. The van der Waals surface area contributed by atoms with Gasteiger partial charge in [0.15, 0.2) is 0 Å². The molecular weight excluding hydrogens is 240 g/mol. The molecule has 0 aromatic carbocycles. The van der Waals surface area contributed by atoms with Crippen molar-refractivity contribution in [3.63, 3.8) is 0 Å². The molecule has 1 aromatic heterocycles. The van der Waals surface area contributed by atoms with E-state index in [4.69, 9.17) is 0 Å². The predicted octanol–water partition coefficient (Wildman–Crippen LogP) is 0.303. The zero-order valence-corrected chi connectivity index (χ0v) is 11.5. The van der Waals surface area contributed by atoms with Gasteiger partial charge in [-0.15, -0.1) is 0 Å². The molecular formula is C10H20N4O2S. The summed E-state index contributed by atoms with van der Waals surface area (Å²) in [6.07, 6.45) is 0. The molecule has 0 aliphatic rings. The van der Waals surface area contributed by atoms with Gasteiger partial charge in [0, 0.05) is 19.1 Å². The van der Waals surface area contributed by atoms with Crippen LogP contribution >= 0.6 is 0 Å². The Kier molecular flexibility index (Phi) is 4.67. The third-order valence-corrected chi connectivity index (χ3v) is 4.02. The van der Waals surface area contributed by atoms with Gasteiger partial charge >= 0.3 is 0 Å². The maximum Gasteiger partial charge on any atom is 0.244 e. The van der Waals surface area contributed by atoms with Crippen molar-refractivity contribution >= 4 is 10.0 Å². The third-order valence-electron chi connectivity index (χ3n) is 2.30. The predicted molar refractivity (Wildman–Crippen MR) is 66.4 cm³/mol. The monoisotopic (exact) mass is 260 g/mol. The van der Waals surface area contributed by atoms with Crippen LogP contribution in [-0.4, -0.2) is 37.7 Å². The smallest absolute Gasteiger partial charge is 0.244 e. The van der Waals surface area contributed by atoms with E-state index in [2.05, 4.69) is 20.2 Å². The summed E-state index contributed by atoms with van der Waals surface area (Å²) < 4.78 is 26.5.